The summed E-state index contributed by atoms with van der Waals surface area (Å²) in [5.74, 6) is -1.31. The van der Waals surface area contributed by atoms with E-state index < -0.39 is 5.97 Å². The summed E-state index contributed by atoms with van der Waals surface area (Å²) < 4.78 is 0. The second-order valence-corrected chi connectivity index (χ2v) is 6.02. The number of aromatic nitrogens is 1. The van der Waals surface area contributed by atoms with Gasteiger partial charge in [-0.1, -0.05) is 37.3 Å². The summed E-state index contributed by atoms with van der Waals surface area (Å²) in [7, 11) is 0. The molecule has 0 atom stereocenters. The third-order valence-electron chi connectivity index (χ3n) is 3.06. The number of carboxylic acid groups (broad SMARTS) is 1. The number of benzene rings is 1. The molecule has 0 fully saturated rings. The van der Waals surface area contributed by atoms with E-state index in [2.05, 4.69) is 11.9 Å². The molecule has 0 aliphatic carbocycles. The maximum Gasteiger partial charge on any atom is 0.323 e. The van der Waals surface area contributed by atoms with E-state index in [0.717, 1.165) is 23.4 Å². The molecule has 0 saturated heterocycles. The summed E-state index contributed by atoms with van der Waals surface area (Å²) >= 11 is 1.34. The van der Waals surface area contributed by atoms with Crippen LogP contribution >= 0.6 is 11.3 Å². The predicted molar refractivity (Wildman–Crippen MR) is 84.9 cm³/mol. The van der Waals surface area contributed by atoms with Gasteiger partial charge in [-0.05, 0) is 18.4 Å². The average molecular weight is 318 g/mol. The number of carboxylic acids is 1. The number of carbonyl (C=O) groups excluding carboxylic acids is 1. The number of aliphatic carboxylic acids is 1. The summed E-state index contributed by atoms with van der Waals surface area (Å²) in [6.07, 6.45) is 3.33. The number of hydrogen-bond acceptors (Lipinski definition) is 4. The van der Waals surface area contributed by atoms with Gasteiger partial charge in [0.2, 0.25) is 0 Å². The van der Waals surface area contributed by atoms with Crippen LogP contribution in [-0.2, 0) is 17.8 Å². The summed E-state index contributed by atoms with van der Waals surface area (Å²) in [5, 5.41) is 9.94. The average Bonchev–Trinajstić information content (AvgIpc) is 2.95. The van der Waals surface area contributed by atoms with Crippen LogP contribution in [0.4, 0.5) is 0 Å². The Bertz CT molecular complexity index is 640. The van der Waals surface area contributed by atoms with E-state index in [1.54, 1.807) is 0 Å². The van der Waals surface area contributed by atoms with Crippen molar-refractivity contribution >= 4 is 23.2 Å². The molecule has 0 radical (unpaired) electrons. The van der Waals surface area contributed by atoms with Gasteiger partial charge in [0, 0.05) is 6.54 Å². The van der Waals surface area contributed by atoms with Gasteiger partial charge in [-0.2, -0.15) is 0 Å². The summed E-state index contributed by atoms with van der Waals surface area (Å²) in [6.45, 7) is 2.00. The van der Waals surface area contributed by atoms with Gasteiger partial charge in [0.25, 0.3) is 5.91 Å². The summed E-state index contributed by atoms with van der Waals surface area (Å²) in [6, 6.07) is 9.36. The maximum atomic E-state index is 12.5. The maximum absolute atomic E-state index is 12.5. The second-order valence-electron chi connectivity index (χ2n) is 4.91. The monoisotopic (exact) mass is 318 g/mol. The van der Waals surface area contributed by atoms with Crippen LogP contribution in [0.1, 0.15) is 33.6 Å². The highest BCUT2D eigenvalue weighted by molar-refractivity contribution is 7.13. The Morgan fingerprint density at radius 1 is 1.27 bits per heavy atom. The first kappa shape index (κ1) is 16.2. The molecule has 22 heavy (non-hydrogen) atoms. The molecule has 2 aromatic rings. The highest BCUT2D eigenvalue weighted by atomic mass is 32.1. The van der Waals surface area contributed by atoms with Crippen LogP contribution < -0.4 is 0 Å². The van der Waals surface area contributed by atoms with Crippen LogP contribution in [0.25, 0.3) is 0 Å². The molecule has 0 aliphatic rings. The van der Waals surface area contributed by atoms with E-state index in [1.807, 2.05) is 30.3 Å². The fourth-order valence-electron chi connectivity index (χ4n) is 2.06. The largest absolute Gasteiger partial charge is 0.480 e. The minimum atomic E-state index is -1.03. The lowest BCUT2D eigenvalue weighted by Gasteiger charge is -2.19. The highest BCUT2D eigenvalue weighted by Gasteiger charge is 2.21. The number of nitrogens with zero attached hydrogens (tertiary/aromatic N) is 2. The minimum absolute atomic E-state index is 0.271. The standard InChI is InChI=1S/C16H18N2O3S/c1-2-6-14-17-9-13(22-14)16(21)18(11-15(19)20)10-12-7-4-3-5-8-12/h3-5,7-9H,2,6,10-11H2,1H3,(H,19,20). The molecular weight excluding hydrogens is 300 g/mol. The minimum Gasteiger partial charge on any atom is -0.480 e. The number of thiazole rings is 1. The lowest BCUT2D eigenvalue weighted by Crippen LogP contribution is -2.34. The molecule has 1 heterocycles. The van der Waals surface area contributed by atoms with Gasteiger partial charge in [-0.25, -0.2) is 4.98 Å². The molecular formula is C16H18N2O3S. The Morgan fingerprint density at radius 2 is 2.00 bits per heavy atom. The molecule has 1 aromatic heterocycles. The number of carbonyl (C=O) groups is 2. The van der Waals surface area contributed by atoms with Crippen molar-refractivity contribution in [3.8, 4) is 0 Å². The van der Waals surface area contributed by atoms with Crippen LogP contribution in [0.5, 0.6) is 0 Å². The molecule has 1 aromatic carbocycles. The SMILES string of the molecule is CCCc1ncc(C(=O)N(CC(=O)O)Cc2ccccc2)s1. The van der Waals surface area contributed by atoms with Gasteiger partial charge < -0.3 is 10.0 Å². The van der Waals surface area contributed by atoms with Crippen molar-refractivity contribution < 1.29 is 14.7 Å². The van der Waals surface area contributed by atoms with E-state index in [9.17, 15) is 9.59 Å². The zero-order valence-corrected chi connectivity index (χ0v) is 13.2. The van der Waals surface area contributed by atoms with E-state index in [0.29, 0.717) is 4.88 Å². The fourth-order valence-corrected chi connectivity index (χ4v) is 3.05. The van der Waals surface area contributed by atoms with Crippen LogP contribution in [0.2, 0.25) is 0 Å². The first-order chi connectivity index (χ1) is 10.6. The molecule has 116 valence electrons. The Kier molecular flexibility index (Phi) is 5.66. The van der Waals surface area contributed by atoms with Crippen molar-refractivity contribution in [1.82, 2.24) is 9.88 Å². The smallest absolute Gasteiger partial charge is 0.323 e. The van der Waals surface area contributed by atoms with Gasteiger partial charge in [0.05, 0.1) is 11.2 Å². The van der Waals surface area contributed by atoms with Crippen molar-refractivity contribution in [2.45, 2.75) is 26.3 Å². The molecule has 0 saturated carbocycles. The van der Waals surface area contributed by atoms with E-state index in [4.69, 9.17) is 5.11 Å². The van der Waals surface area contributed by atoms with Crippen molar-refractivity contribution in [3.05, 3.63) is 52.0 Å². The molecule has 0 bridgehead atoms. The number of hydrogen-bond donors (Lipinski definition) is 1. The van der Waals surface area contributed by atoms with Gasteiger partial charge in [-0.3, -0.25) is 9.59 Å². The highest BCUT2D eigenvalue weighted by Crippen LogP contribution is 2.18. The van der Waals surface area contributed by atoms with Crippen LogP contribution in [-0.4, -0.2) is 33.4 Å². The Hall–Kier alpha value is -2.21. The van der Waals surface area contributed by atoms with Gasteiger partial charge in [-0.15, -0.1) is 11.3 Å². The lowest BCUT2D eigenvalue weighted by molar-refractivity contribution is -0.137. The van der Waals surface area contributed by atoms with Crippen LogP contribution in [0.15, 0.2) is 36.5 Å². The number of rotatable bonds is 7. The summed E-state index contributed by atoms with van der Waals surface area (Å²) in [4.78, 5) is 29.6. The molecule has 1 amide bonds. The molecule has 5 nitrogen and oxygen atoms in total. The second kappa shape index (κ2) is 7.70. The van der Waals surface area contributed by atoms with Gasteiger partial charge >= 0.3 is 5.97 Å². The first-order valence-electron chi connectivity index (χ1n) is 7.10. The Labute approximate surface area is 133 Å². The topological polar surface area (TPSA) is 70.5 Å². The zero-order chi connectivity index (χ0) is 15.9. The third-order valence-corrected chi connectivity index (χ3v) is 4.10. The Balaban J connectivity index is 2.16. The van der Waals surface area contributed by atoms with E-state index in [-0.39, 0.29) is 19.0 Å². The summed E-state index contributed by atoms with van der Waals surface area (Å²) in [5.41, 5.74) is 0.899. The third kappa shape index (κ3) is 4.39. The quantitative estimate of drug-likeness (QED) is 0.852. The van der Waals surface area contributed by atoms with Crippen LogP contribution in [0, 0.1) is 0 Å². The van der Waals surface area contributed by atoms with Crippen LogP contribution in [0.3, 0.4) is 0 Å². The van der Waals surface area contributed by atoms with E-state index in [1.165, 1.54) is 22.4 Å². The van der Waals surface area contributed by atoms with E-state index >= 15 is 0 Å². The van der Waals surface area contributed by atoms with Gasteiger partial charge in [0.15, 0.2) is 0 Å². The zero-order valence-electron chi connectivity index (χ0n) is 12.4. The molecule has 0 unspecified atom stereocenters. The van der Waals surface area contributed by atoms with Crippen molar-refractivity contribution in [1.29, 1.82) is 0 Å². The molecule has 0 aliphatic heterocycles. The normalized spacial score (nSPS) is 10.4. The molecule has 1 N–H and O–H groups in total. The van der Waals surface area contributed by atoms with Crippen molar-refractivity contribution in [3.63, 3.8) is 0 Å². The van der Waals surface area contributed by atoms with Crippen molar-refractivity contribution in [2.24, 2.45) is 0 Å². The first-order valence-corrected chi connectivity index (χ1v) is 7.91. The Morgan fingerprint density at radius 3 is 2.64 bits per heavy atom. The molecule has 2 rings (SSSR count). The molecule has 0 spiro atoms. The number of aryl methyl sites for hydroxylation is 1. The number of amides is 1. The fraction of sp³-hybridized carbons (Fsp3) is 0.312. The molecule has 6 heteroatoms. The lowest BCUT2D eigenvalue weighted by atomic mass is 10.2. The van der Waals surface area contributed by atoms with Crippen molar-refractivity contribution in [2.75, 3.05) is 6.54 Å². The predicted octanol–water partition coefficient (Wildman–Crippen LogP) is 2.82. The van der Waals surface area contributed by atoms with Gasteiger partial charge in [0.1, 0.15) is 11.4 Å².